The molecule has 0 radical (unpaired) electrons. The van der Waals surface area contributed by atoms with Gasteiger partial charge in [-0.15, -0.1) is 0 Å². The zero-order valence-corrected chi connectivity index (χ0v) is 11.7. The lowest BCUT2D eigenvalue weighted by Gasteiger charge is -2.18. The van der Waals surface area contributed by atoms with Gasteiger partial charge < -0.3 is 5.73 Å². The highest BCUT2D eigenvalue weighted by molar-refractivity contribution is 5.33. The van der Waals surface area contributed by atoms with Crippen LogP contribution in [-0.4, -0.2) is 9.78 Å². The first-order valence-electron chi connectivity index (χ1n) is 7.37. The molecule has 1 heterocycles. The van der Waals surface area contributed by atoms with E-state index < -0.39 is 0 Å². The van der Waals surface area contributed by atoms with Crippen LogP contribution in [0.4, 0.5) is 0 Å². The van der Waals surface area contributed by atoms with E-state index in [2.05, 4.69) is 23.3 Å². The molecule has 2 N–H and O–H groups in total. The maximum Gasteiger partial charge on any atom is 0.0649 e. The zero-order chi connectivity index (χ0) is 13.8. The summed E-state index contributed by atoms with van der Waals surface area (Å²) in [4.78, 5) is 0. The Morgan fingerprint density at radius 3 is 2.75 bits per heavy atom. The number of hydrogen-bond donors (Lipinski definition) is 1. The number of benzene rings is 1. The van der Waals surface area contributed by atoms with E-state index in [-0.39, 0.29) is 6.04 Å². The number of nitrogens with zero attached hydrogens (tertiary/aromatic N) is 2. The minimum Gasteiger partial charge on any atom is -0.322 e. The highest BCUT2D eigenvalue weighted by atomic mass is 15.3. The molecule has 1 aromatic heterocycles. The maximum atomic E-state index is 6.41. The van der Waals surface area contributed by atoms with E-state index in [1.54, 1.807) is 0 Å². The van der Waals surface area contributed by atoms with Crippen LogP contribution in [0.3, 0.4) is 0 Å². The van der Waals surface area contributed by atoms with Crippen LogP contribution in [0.1, 0.15) is 43.8 Å². The van der Waals surface area contributed by atoms with Crippen LogP contribution in [0.2, 0.25) is 0 Å². The molecule has 2 aromatic rings. The van der Waals surface area contributed by atoms with Gasteiger partial charge in [0.2, 0.25) is 0 Å². The van der Waals surface area contributed by atoms with Crippen molar-refractivity contribution in [2.24, 2.45) is 5.73 Å². The summed E-state index contributed by atoms with van der Waals surface area (Å²) >= 11 is 0. The minimum absolute atomic E-state index is 0.0158. The largest absolute Gasteiger partial charge is 0.322 e. The van der Waals surface area contributed by atoms with E-state index >= 15 is 0 Å². The Morgan fingerprint density at radius 1 is 1.15 bits per heavy atom. The van der Waals surface area contributed by atoms with Crippen LogP contribution in [0.25, 0.3) is 5.69 Å². The number of aromatic nitrogens is 2. The van der Waals surface area contributed by atoms with Gasteiger partial charge in [0.25, 0.3) is 0 Å². The molecular formula is C17H21N3. The van der Waals surface area contributed by atoms with Crippen LogP contribution < -0.4 is 5.73 Å². The molecule has 0 bridgehead atoms. The van der Waals surface area contributed by atoms with Crippen molar-refractivity contribution in [1.29, 1.82) is 0 Å². The fourth-order valence-electron chi connectivity index (χ4n) is 2.86. The van der Waals surface area contributed by atoms with E-state index in [9.17, 15) is 0 Å². The predicted octanol–water partition coefficient (Wildman–Crippen LogP) is 3.76. The molecule has 0 saturated heterocycles. The standard InChI is InChI=1S/C17H21N3/c18-16(13-14-7-3-1-4-8-14)17-11-12-19-20(17)15-9-5-2-6-10-15/h2,5-7,9-12,16H,1,3-4,8,13,18H2. The number of nitrogens with two attached hydrogens (primary N) is 1. The molecule has 1 aliphatic rings. The van der Waals surface area contributed by atoms with Gasteiger partial charge in [-0.25, -0.2) is 4.68 Å². The second-order valence-electron chi connectivity index (χ2n) is 5.42. The van der Waals surface area contributed by atoms with Gasteiger partial charge in [-0.3, -0.25) is 0 Å². The third-order valence-electron chi connectivity index (χ3n) is 3.92. The normalized spacial score (nSPS) is 16.8. The quantitative estimate of drug-likeness (QED) is 0.857. The fraction of sp³-hybridized carbons (Fsp3) is 0.353. The van der Waals surface area contributed by atoms with Crippen molar-refractivity contribution in [3.05, 3.63) is 59.9 Å². The van der Waals surface area contributed by atoms with Crippen molar-refractivity contribution in [2.75, 3.05) is 0 Å². The summed E-state index contributed by atoms with van der Waals surface area (Å²) in [6.07, 6.45) is 10.2. The second-order valence-corrected chi connectivity index (χ2v) is 5.42. The summed E-state index contributed by atoms with van der Waals surface area (Å²) in [5, 5.41) is 4.42. The highest BCUT2D eigenvalue weighted by Gasteiger charge is 2.15. The molecule has 0 saturated carbocycles. The SMILES string of the molecule is NC(CC1=CCCCC1)c1ccnn1-c1ccccc1. The van der Waals surface area contributed by atoms with E-state index in [1.165, 1.54) is 31.3 Å². The molecule has 3 nitrogen and oxygen atoms in total. The Bertz CT molecular complexity index is 583. The Hall–Kier alpha value is -1.87. The monoisotopic (exact) mass is 267 g/mol. The molecule has 3 heteroatoms. The van der Waals surface area contributed by atoms with Crippen molar-refractivity contribution >= 4 is 0 Å². The summed E-state index contributed by atoms with van der Waals surface area (Å²) in [7, 11) is 0. The lowest BCUT2D eigenvalue weighted by atomic mass is 9.93. The predicted molar refractivity (Wildman–Crippen MR) is 81.7 cm³/mol. The number of hydrogen-bond acceptors (Lipinski definition) is 2. The second kappa shape index (κ2) is 6.06. The molecule has 3 rings (SSSR count). The number of allylic oxidation sites excluding steroid dienone is 1. The molecule has 0 spiro atoms. The molecule has 104 valence electrons. The van der Waals surface area contributed by atoms with E-state index in [4.69, 9.17) is 5.73 Å². The molecule has 0 aliphatic heterocycles. The lowest BCUT2D eigenvalue weighted by Crippen LogP contribution is -2.16. The van der Waals surface area contributed by atoms with Gasteiger partial charge in [-0.1, -0.05) is 29.8 Å². The molecule has 1 atom stereocenters. The Balaban J connectivity index is 1.80. The lowest BCUT2D eigenvalue weighted by molar-refractivity contribution is 0.603. The minimum atomic E-state index is 0.0158. The molecule has 0 fully saturated rings. The van der Waals surface area contributed by atoms with Gasteiger partial charge in [0.1, 0.15) is 0 Å². The van der Waals surface area contributed by atoms with Crippen molar-refractivity contribution in [2.45, 2.75) is 38.1 Å². The van der Waals surface area contributed by atoms with Gasteiger partial charge in [0, 0.05) is 6.20 Å². The topological polar surface area (TPSA) is 43.8 Å². The average molecular weight is 267 g/mol. The third-order valence-corrected chi connectivity index (χ3v) is 3.92. The van der Waals surface area contributed by atoms with Crippen molar-refractivity contribution in [1.82, 2.24) is 9.78 Å². The summed E-state index contributed by atoms with van der Waals surface area (Å²) in [5.41, 5.74) is 10.1. The third kappa shape index (κ3) is 2.83. The Morgan fingerprint density at radius 2 is 2.00 bits per heavy atom. The summed E-state index contributed by atoms with van der Waals surface area (Å²) < 4.78 is 1.95. The molecule has 1 unspecified atom stereocenters. The van der Waals surface area contributed by atoms with E-state index in [1.807, 2.05) is 35.1 Å². The molecule has 1 aliphatic carbocycles. The molecule has 20 heavy (non-hydrogen) atoms. The average Bonchev–Trinajstić information content (AvgIpc) is 2.99. The van der Waals surface area contributed by atoms with Crippen LogP contribution in [-0.2, 0) is 0 Å². The number of para-hydroxylation sites is 1. The van der Waals surface area contributed by atoms with Crippen LogP contribution >= 0.6 is 0 Å². The van der Waals surface area contributed by atoms with Crippen LogP contribution in [0, 0.1) is 0 Å². The van der Waals surface area contributed by atoms with Crippen LogP contribution in [0.5, 0.6) is 0 Å². The van der Waals surface area contributed by atoms with E-state index in [0.29, 0.717) is 0 Å². The van der Waals surface area contributed by atoms with Gasteiger partial charge in [0.05, 0.1) is 17.4 Å². The van der Waals surface area contributed by atoms with Gasteiger partial charge in [-0.05, 0) is 50.3 Å². The van der Waals surface area contributed by atoms with Gasteiger partial charge in [-0.2, -0.15) is 5.10 Å². The van der Waals surface area contributed by atoms with Crippen LogP contribution in [0.15, 0.2) is 54.2 Å². The fourth-order valence-corrected chi connectivity index (χ4v) is 2.86. The molecule has 1 aromatic carbocycles. The highest BCUT2D eigenvalue weighted by Crippen LogP contribution is 2.27. The van der Waals surface area contributed by atoms with Gasteiger partial charge in [0.15, 0.2) is 0 Å². The molecular weight excluding hydrogens is 246 g/mol. The first-order valence-corrected chi connectivity index (χ1v) is 7.37. The Labute approximate surface area is 120 Å². The summed E-state index contributed by atoms with van der Waals surface area (Å²) in [5.74, 6) is 0. The molecule has 0 amide bonds. The van der Waals surface area contributed by atoms with Gasteiger partial charge >= 0.3 is 0 Å². The van der Waals surface area contributed by atoms with Crippen molar-refractivity contribution < 1.29 is 0 Å². The van der Waals surface area contributed by atoms with Crippen molar-refractivity contribution in [3.63, 3.8) is 0 Å². The zero-order valence-electron chi connectivity index (χ0n) is 11.7. The summed E-state index contributed by atoms with van der Waals surface area (Å²) in [6.45, 7) is 0. The first-order chi connectivity index (χ1) is 9.84. The number of rotatable bonds is 4. The summed E-state index contributed by atoms with van der Waals surface area (Å²) in [6, 6.07) is 12.2. The Kier molecular flexibility index (Phi) is 3.97. The van der Waals surface area contributed by atoms with Crippen molar-refractivity contribution in [3.8, 4) is 5.69 Å². The smallest absolute Gasteiger partial charge is 0.0649 e. The van der Waals surface area contributed by atoms with E-state index in [0.717, 1.165) is 17.8 Å². The maximum absolute atomic E-state index is 6.41. The first kappa shape index (κ1) is 13.1.